The van der Waals surface area contributed by atoms with Crippen molar-refractivity contribution >= 4 is 16.3 Å². The number of fused-ring (bicyclic) bond motifs is 1. The Morgan fingerprint density at radius 2 is 1.67 bits per heavy atom. The molecule has 0 fully saturated rings. The lowest BCUT2D eigenvalue weighted by atomic mass is 10.1. The maximum atomic E-state index is 5.82. The third-order valence-corrected chi connectivity index (χ3v) is 6.41. The minimum Gasteiger partial charge on any atom is -0.490 e. The Kier molecular flexibility index (Phi) is 9.49. The van der Waals surface area contributed by atoms with Crippen LogP contribution in [-0.4, -0.2) is 16.0 Å². The van der Waals surface area contributed by atoms with Crippen LogP contribution < -0.4 is 4.74 Å². The zero-order valence-electron chi connectivity index (χ0n) is 18.6. The molecule has 0 amide bonds. The molecule has 0 saturated heterocycles. The minimum absolute atomic E-state index is 0.638. The molecule has 0 aliphatic carbocycles. The first-order chi connectivity index (χ1) is 14.8. The molecule has 0 unspecified atom stereocenters. The molecule has 0 spiro atoms. The standard InChI is InChI=1S/C26H36N2OS/c1-3-5-7-9-11-13-19-29-24-17-15-22(16-18-24)25-21-28-20-23(27-26(28)30-25)14-12-10-8-6-4-2/h11,13,15-18,20-21H,3-10,12,14,19H2,1-2H3. The van der Waals surface area contributed by atoms with Gasteiger partial charge in [0.25, 0.3) is 0 Å². The molecule has 2 aromatic heterocycles. The molecule has 0 radical (unpaired) electrons. The predicted octanol–water partition coefficient (Wildman–Crippen LogP) is 8.09. The Balaban J connectivity index is 1.48. The van der Waals surface area contributed by atoms with Gasteiger partial charge in [-0.1, -0.05) is 75.9 Å². The van der Waals surface area contributed by atoms with E-state index in [-0.39, 0.29) is 0 Å². The molecule has 1 aromatic carbocycles. The molecule has 4 heteroatoms. The highest BCUT2D eigenvalue weighted by Crippen LogP contribution is 2.30. The van der Waals surface area contributed by atoms with E-state index in [1.165, 1.54) is 67.5 Å². The number of imidazole rings is 1. The van der Waals surface area contributed by atoms with Crippen LogP contribution in [0.25, 0.3) is 15.4 Å². The maximum Gasteiger partial charge on any atom is 0.194 e. The molecule has 3 aromatic rings. The van der Waals surface area contributed by atoms with E-state index in [9.17, 15) is 0 Å². The second-order valence-corrected chi connectivity index (χ2v) is 8.99. The van der Waals surface area contributed by atoms with Gasteiger partial charge in [0.2, 0.25) is 0 Å². The highest BCUT2D eigenvalue weighted by molar-refractivity contribution is 7.20. The van der Waals surface area contributed by atoms with E-state index in [4.69, 9.17) is 9.72 Å². The number of nitrogens with zero attached hydrogens (tertiary/aromatic N) is 2. The molecule has 0 atom stereocenters. The van der Waals surface area contributed by atoms with E-state index in [2.05, 4.69) is 67.1 Å². The van der Waals surface area contributed by atoms with Crippen LogP contribution >= 0.6 is 11.3 Å². The third-order valence-electron chi connectivity index (χ3n) is 5.37. The van der Waals surface area contributed by atoms with Gasteiger partial charge in [0, 0.05) is 12.4 Å². The first-order valence-corrected chi connectivity index (χ1v) is 12.5. The summed E-state index contributed by atoms with van der Waals surface area (Å²) < 4.78 is 8.00. The van der Waals surface area contributed by atoms with Crippen LogP contribution in [-0.2, 0) is 6.42 Å². The van der Waals surface area contributed by atoms with Crippen LogP contribution in [0.3, 0.4) is 0 Å². The van der Waals surface area contributed by atoms with E-state index in [0.717, 1.165) is 23.6 Å². The lowest BCUT2D eigenvalue weighted by Gasteiger charge is -2.04. The van der Waals surface area contributed by atoms with Crippen molar-refractivity contribution in [3.8, 4) is 16.2 Å². The molecule has 30 heavy (non-hydrogen) atoms. The Labute approximate surface area is 185 Å². The van der Waals surface area contributed by atoms with Crippen LogP contribution in [0.15, 0.2) is 48.8 Å². The number of allylic oxidation sites excluding steroid dienone is 1. The monoisotopic (exact) mass is 424 g/mol. The number of ether oxygens (including phenoxy) is 1. The molecule has 0 bridgehead atoms. The molecule has 2 heterocycles. The lowest BCUT2D eigenvalue weighted by molar-refractivity contribution is 0.362. The number of hydrogen-bond donors (Lipinski definition) is 0. The summed E-state index contributed by atoms with van der Waals surface area (Å²) in [5.41, 5.74) is 2.44. The summed E-state index contributed by atoms with van der Waals surface area (Å²) >= 11 is 1.76. The maximum absolute atomic E-state index is 5.82. The summed E-state index contributed by atoms with van der Waals surface area (Å²) in [6, 6.07) is 8.40. The van der Waals surface area contributed by atoms with Crippen molar-refractivity contribution in [3.05, 3.63) is 54.5 Å². The fraction of sp³-hybridized carbons (Fsp3) is 0.500. The van der Waals surface area contributed by atoms with Crippen molar-refractivity contribution in [1.29, 1.82) is 0 Å². The van der Waals surface area contributed by atoms with Crippen molar-refractivity contribution in [2.45, 2.75) is 78.1 Å². The fourth-order valence-electron chi connectivity index (χ4n) is 3.57. The quantitative estimate of drug-likeness (QED) is 0.193. The van der Waals surface area contributed by atoms with Crippen LogP contribution in [0.5, 0.6) is 5.75 Å². The minimum atomic E-state index is 0.638. The summed E-state index contributed by atoms with van der Waals surface area (Å²) in [5, 5.41) is 0. The van der Waals surface area contributed by atoms with E-state index in [1.807, 2.05) is 0 Å². The Hall–Kier alpha value is -2.07. The summed E-state index contributed by atoms with van der Waals surface area (Å²) in [5.74, 6) is 0.920. The number of rotatable bonds is 14. The van der Waals surface area contributed by atoms with E-state index in [0.29, 0.717) is 6.61 Å². The van der Waals surface area contributed by atoms with Gasteiger partial charge in [0.15, 0.2) is 4.96 Å². The molecule has 3 nitrogen and oxygen atoms in total. The van der Waals surface area contributed by atoms with Gasteiger partial charge in [-0.2, -0.15) is 0 Å². The Bertz CT molecular complexity index is 860. The van der Waals surface area contributed by atoms with E-state index in [1.54, 1.807) is 11.3 Å². The van der Waals surface area contributed by atoms with Gasteiger partial charge < -0.3 is 4.74 Å². The molecule has 0 saturated carbocycles. The molecular formula is C26H36N2OS. The van der Waals surface area contributed by atoms with Gasteiger partial charge in [-0.3, -0.25) is 4.40 Å². The third kappa shape index (κ3) is 7.02. The van der Waals surface area contributed by atoms with Crippen LogP contribution in [0.4, 0.5) is 0 Å². The average Bonchev–Trinajstić information content (AvgIpc) is 3.32. The van der Waals surface area contributed by atoms with Crippen LogP contribution in [0.2, 0.25) is 0 Å². The van der Waals surface area contributed by atoms with Gasteiger partial charge in [0.1, 0.15) is 12.4 Å². The van der Waals surface area contributed by atoms with Gasteiger partial charge in [0.05, 0.1) is 10.6 Å². The van der Waals surface area contributed by atoms with E-state index < -0.39 is 0 Å². The van der Waals surface area contributed by atoms with Gasteiger partial charge >= 0.3 is 0 Å². The molecule has 0 N–H and O–H groups in total. The summed E-state index contributed by atoms with van der Waals surface area (Å²) in [7, 11) is 0. The second kappa shape index (κ2) is 12.6. The van der Waals surface area contributed by atoms with Crippen molar-refractivity contribution in [2.24, 2.45) is 0 Å². The molecular weight excluding hydrogens is 388 g/mol. The topological polar surface area (TPSA) is 26.5 Å². The molecule has 0 aliphatic heterocycles. The first-order valence-electron chi connectivity index (χ1n) is 11.7. The zero-order valence-corrected chi connectivity index (χ0v) is 19.4. The molecule has 0 aliphatic rings. The number of unbranched alkanes of at least 4 members (excludes halogenated alkanes) is 7. The summed E-state index contributed by atoms with van der Waals surface area (Å²) in [6.07, 6.45) is 21.4. The highest BCUT2D eigenvalue weighted by atomic mass is 32.1. The van der Waals surface area contributed by atoms with Crippen molar-refractivity contribution < 1.29 is 4.74 Å². The van der Waals surface area contributed by atoms with Gasteiger partial charge in [-0.15, -0.1) is 0 Å². The van der Waals surface area contributed by atoms with E-state index >= 15 is 0 Å². The number of thiazole rings is 1. The normalized spacial score (nSPS) is 11.7. The van der Waals surface area contributed by atoms with Crippen molar-refractivity contribution in [2.75, 3.05) is 6.61 Å². The predicted molar refractivity (Wildman–Crippen MR) is 130 cm³/mol. The number of benzene rings is 1. The number of aromatic nitrogens is 2. The first kappa shape index (κ1) is 22.6. The Morgan fingerprint density at radius 1 is 0.900 bits per heavy atom. The molecule has 162 valence electrons. The Morgan fingerprint density at radius 3 is 2.43 bits per heavy atom. The second-order valence-electron chi connectivity index (χ2n) is 7.98. The zero-order chi connectivity index (χ0) is 21.0. The largest absolute Gasteiger partial charge is 0.490 e. The SMILES string of the molecule is CCCCCC=CCOc1ccc(-c2cn3cc(CCCCCCC)nc3s2)cc1. The van der Waals surface area contributed by atoms with Crippen LogP contribution in [0, 0.1) is 0 Å². The average molecular weight is 425 g/mol. The number of aryl methyl sites for hydroxylation is 1. The smallest absolute Gasteiger partial charge is 0.194 e. The summed E-state index contributed by atoms with van der Waals surface area (Å²) in [4.78, 5) is 7.15. The molecule has 3 rings (SSSR count). The lowest BCUT2D eigenvalue weighted by Crippen LogP contribution is -1.92. The van der Waals surface area contributed by atoms with Crippen molar-refractivity contribution in [3.63, 3.8) is 0 Å². The number of hydrogen-bond acceptors (Lipinski definition) is 3. The highest BCUT2D eigenvalue weighted by Gasteiger charge is 2.08. The fourth-order valence-corrected chi connectivity index (χ4v) is 4.56. The van der Waals surface area contributed by atoms with Gasteiger partial charge in [-0.05, 0) is 55.5 Å². The van der Waals surface area contributed by atoms with Crippen molar-refractivity contribution in [1.82, 2.24) is 9.38 Å². The van der Waals surface area contributed by atoms with Crippen LogP contribution in [0.1, 0.15) is 77.3 Å². The van der Waals surface area contributed by atoms with Gasteiger partial charge in [-0.25, -0.2) is 4.98 Å². The summed E-state index contributed by atoms with van der Waals surface area (Å²) in [6.45, 7) is 5.13.